The lowest BCUT2D eigenvalue weighted by atomic mass is 9.89. The summed E-state index contributed by atoms with van der Waals surface area (Å²) in [6.45, 7) is 5.89. The predicted octanol–water partition coefficient (Wildman–Crippen LogP) is 0.611. The van der Waals surface area contributed by atoms with E-state index in [0.29, 0.717) is 18.9 Å². The van der Waals surface area contributed by atoms with E-state index >= 15 is 0 Å². The van der Waals surface area contributed by atoms with Crippen molar-refractivity contribution >= 4 is 5.91 Å². The van der Waals surface area contributed by atoms with Gasteiger partial charge in [-0.3, -0.25) is 9.48 Å². The maximum atomic E-state index is 12.6. The number of aromatic nitrogens is 3. The van der Waals surface area contributed by atoms with E-state index in [0.717, 1.165) is 32.5 Å². The summed E-state index contributed by atoms with van der Waals surface area (Å²) in [6, 6.07) is 0. The van der Waals surface area contributed by atoms with Gasteiger partial charge >= 0.3 is 0 Å². The Morgan fingerprint density at radius 3 is 2.71 bits per heavy atom. The first-order valence-electron chi connectivity index (χ1n) is 9.18. The van der Waals surface area contributed by atoms with Crippen molar-refractivity contribution in [2.45, 2.75) is 38.6 Å². The molecule has 7 heteroatoms. The average molecular weight is 335 g/mol. The minimum Gasteiger partial charge on any atom is -0.396 e. The van der Waals surface area contributed by atoms with E-state index in [4.69, 9.17) is 0 Å². The van der Waals surface area contributed by atoms with Crippen LogP contribution in [-0.4, -0.2) is 74.9 Å². The first-order chi connectivity index (χ1) is 11.7. The second-order valence-electron chi connectivity index (χ2n) is 7.22. The van der Waals surface area contributed by atoms with Crippen LogP contribution < -0.4 is 0 Å². The van der Waals surface area contributed by atoms with Gasteiger partial charge in [0.1, 0.15) is 12.7 Å². The zero-order valence-electron chi connectivity index (χ0n) is 14.4. The Bertz CT molecular complexity index is 501. The molecule has 1 aromatic rings. The van der Waals surface area contributed by atoms with Gasteiger partial charge in [-0.25, -0.2) is 4.98 Å². The number of nitrogens with zero attached hydrogens (tertiary/aromatic N) is 5. The van der Waals surface area contributed by atoms with Gasteiger partial charge in [0, 0.05) is 39.2 Å². The van der Waals surface area contributed by atoms with E-state index in [2.05, 4.69) is 15.0 Å². The van der Waals surface area contributed by atoms with E-state index in [1.54, 1.807) is 11.0 Å². The van der Waals surface area contributed by atoms with Gasteiger partial charge in [0.25, 0.3) is 0 Å². The largest absolute Gasteiger partial charge is 0.396 e. The highest BCUT2D eigenvalue weighted by Gasteiger charge is 2.30. The SMILES string of the molecule is O=C(CCCn1cncn1)N1CC(CO)CC(CN2CCCC2)C1. The molecule has 0 radical (unpaired) electrons. The maximum Gasteiger partial charge on any atom is 0.222 e. The van der Waals surface area contributed by atoms with Crippen LogP contribution in [0.5, 0.6) is 0 Å². The number of hydrogen-bond acceptors (Lipinski definition) is 5. The fraction of sp³-hybridized carbons (Fsp3) is 0.824. The molecule has 2 saturated heterocycles. The molecular formula is C17H29N5O2. The van der Waals surface area contributed by atoms with Gasteiger partial charge in [-0.1, -0.05) is 0 Å². The lowest BCUT2D eigenvalue weighted by molar-refractivity contribution is -0.134. The van der Waals surface area contributed by atoms with Crippen molar-refractivity contribution in [2.75, 3.05) is 39.3 Å². The smallest absolute Gasteiger partial charge is 0.222 e. The minimum absolute atomic E-state index is 0.180. The third kappa shape index (κ3) is 4.77. The summed E-state index contributed by atoms with van der Waals surface area (Å²) < 4.78 is 1.76. The molecule has 1 aromatic heterocycles. The molecule has 134 valence electrons. The molecule has 0 bridgehead atoms. The summed E-state index contributed by atoms with van der Waals surface area (Å²) in [5.41, 5.74) is 0. The topological polar surface area (TPSA) is 74.5 Å². The molecule has 0 spiro atoms. The molecule has 7 nitrogen and oxygen atoms in total. The third-order valence-electron chi connectivity index (χ3n) is 5.19. The summed E-state index contributed by atoms with van der Waals surface area (Å²) >= 11 is 0. The maximum absolute atomic E-state index is 12.6. The van der Waals surface area contributed by atoms with E-state index in [1.807, 2.05) is 4.90 Å². The van der Waals surface area contributed by atoms with Gasteiger partial charge in [0.2, 0.25) is 5.91 Å². The summed E-state index contributed by atoms with van der Waals surface area (Å²) in [4.78, 5) is 21.0. The number of hydrogen-bond donors (Lipinski definition) is 1. The van der Waals surface area contributed by atoms with Crippen molar-refractivity contribution in [2.24, 2.45) is 11.8 Å². The summed E-state index contributed by atoms with van der Waals surface area (Å²) in [5, 5.41) is 13.7. The summed E-state index contributed by atoms with van der Waals surface area (Å²) in [5.74, 6) is 0.929. The highest BCUT2D eigenvalue weighted by atomic mass is 16.3. The molecule has 2 unspecified atom stereocenters. The number of aryl methyl sites for hydroxylation is 1. The molecule has 2 aliphatic heterocycles. The molecule has 3 heterocycles. The predicted molar refractivity (Wildman–Crippen MR) is 90.2 cm³/mol. The Morgan fingerprint density at radius 1 is 1.21 bits per heavy atom. The van der Waals surface area contributed by atoms with Gasteiger partial charge in [-0.15, -0.1) is 0 Å². The van der Waals surface area contributed by atoms with E-state index in [1.165, 1.54) is 32.3 Å². The quantitative estimate of drug-likeness (QED) is 0.790. The van der Waals surface area contributed by atoms with Gasteiger partial charge in [0.15, 0.2) is 0 Å². The number of carbonyl (C=O) groups excluding carboxylic acids is 1. The van der Waals surface area contributed by atoms with Crippen molar-refractivity contribution < 1.29 is 9.90 Å². The number of piperidine rings is 1. The summed E-state index contributed by atoms with van der Waals surface area (Å²) in [7, 11) is 0. The molecule has 3 rings (SSSR count). The average Bonchev–Trinajstić information content (AvgIpc) is 3.28. The fourth-order valence-corrected chi connectivity index (χ4v) is 4.02. The molecule has 0 aliphatic carbocycles. The molecule has 24 heavy (non-hydrogen) atoms. The van der Waals surface area contributed by atoms with E-state index in [-0.39, 0.29) is 18.4 Å². The van der Waals surface area contributed by atoms with Crippen molar-refractivity contribution in [3.8, 4) is 0 Å². The van der Waals surface area contributed by atoms with Crippen LogP contribution in [-0.2, 0) is 11.3 Å². The van der Waals surface area contributed by atoms with Crippen LogP contribution in [0.4, 0.5) is 0 Å². The molecule has 0 saturated carbocycles. The Balaban J connectivity index is 1.47. The van der Waals surface area contributed by atoms with Crippen LogP contribution in [0.25, 0.3) is 0 Å². The number of rotatable bonds is 7. The van der Waals surface area contributed by atoms with Gasteiger partial charge in [0.05, 0.1) is 0 Å². The van der Waals surface area contributed by atoms with Gasteiger partial charge in [-0.2, -0.15) is 5.10 Å². The van der Waals surface area contributed by atoms with Crippen LogP contribution in [0, 0.1) is 11.8 Å². The van der Waals surface area contributed by atoms with Crippen LogP contribution in [0.2, 0.25) is 0 Å². The molecule has 2 fully saturated rings. The number of aliphatic hydroxyl groups is 1. The Hall–Kier alpha value is -1.47. The molecule has 1 N–H and O–H groups in total. The Labute approximate surface area is 143 Å². The zero-order valence-corrected chi connectivity index (χ0v) is 14.4. The van der Waals surface area contributed by atoms with Crippen molar-refractivity contribution in [3.05, 3.63) is 12.7 Å². The van der Waals surface area contributed by atoms with Gasteiger partial charge < -0.3 is 14.9 Å². The highest BCUT2D eigenvalue weighted by Crippen LogP contribution is 2.24. The van der Waals surface area contributed by atoms with E-state index < -0.39 is 0 Å². The monoisotopic (exact) mass is 335 g/mol. The van der Waals surface area contributed by atoms with Crippen LogP contribution >= 0.6 is 0 Å². The van der Waals surface area contributed by atoms with Crippen LogP contribution in [0.1, 0.15) is 32.1 Å². The standard InChI is InChI=1S/C17H29N5O2/c23-12-16-8-15(9-20-5-1-2-6-20)10-21(11-16)17(24)4-3-7-22-14-18-13-19-22/h13-16,23H,1-12H2. The van der Waals surface area contributed by atoms with E-state index in [9.17, 15) is 9.90 Å². The molecule has 2 atom stereocenters. The zero-order chi connectivity index (χ0) is 16.8. The molecule has 1 amide bonds. The number of aliphatic hydroxyl groups excluding tert-OH is 1. The van der Waals surface area contributed by atoms with Crippen LogP contribution in [0.15, 0.2) is 12.7 Å². The number of likely N-dealkylation sites (tertiary alicyclic amines) is 2. The normalized spacial score (nSPS) is 25.3. The second-order valence-corrected chi connectivity index (χ2v) is 7.22. The highest BCUT2D eigenvalue weighted by molar-refractivity contribution is 5.76. The van der Waals surface area contributed by atoms with Crippen molar-refractivity contribution in [3.63, 3.8) is 0 Å². The second kappa shape index (κ2) is 8.58. The Morgan fingerprint density at radius 2 is 2.00 bits per heavy atom. The van der Waals surface area contributed by atoms with Crippen molar-refractivity contribution in [1.82, 2.24) is 24.6 Å². The minimum atomic E-state index is 0.180. The number of carbonyl (C=O) groups is 1. The first-order valence-corrected chi connectivity index (χ1v) is 9.18. The van der Waals surface area contributed by atoms with Crippen LogP contribution in [0.3, 0.4) is 0 Å². The number of amides is 1. The lowest BCUT2D eigenvalue weighted by Gasteiger charge is -2.38. The van der Waals surface area contributed by atoms with Gasteiger partial charge in [-0.05, 0) is 50.6 Å². The van der Waals surface area contributed by atoms with Crippen molar-refractivity contribution in [1.29, 1.82) is 0 Å². The lowest BCUT2D eigenvalue weighted by Crippen LogP contribution is -2.47. The Kier molecular flexibility index (Phi) is 6.20. The molecule has 0 aromatic carbocycles. The first kappa shape index (κ1) is 17.4. The molecular weight excluding hydrogens is 306 g/mol. The molecule has 2 aliphatic rings. The fourth-order valence-electron chi connectivity index (χ4n) is 4.02. The third-order valence-corrected chi connectivity index (χ3v) is 5.19. The summed E-state index contributed by atoms with van der Waals surface area (Å²) in [6.07, 6.45) is 8.13.